The van der Waals surface area contributed by atoms with Gasteiger partial charge in [-0.25, -0.2) is 8.78 Å². The number of aliphatic hydroxyl groups excluding tert-OH is 1. The second-order valence-corrected chi connectivity index (χ2v) is 4.97. The van der Waals surface area contributed by atoms with Gasteiger partial charge in [-0.05, 0) is 59.4 Å². The average Bonchev–Trinajstić information content (AvgIpc) is 2.45. The first-order chi connectivity index (χ1) is 9.65. The predicted octanol–water partition coefficient (Wildman–Crippen LogP) is 3.92. The molecule has 3 rings (SSSR count). The first kappa shape index (κ1) is 13.0. The molecule has 1 saturated carbocycles. The third-order valence-electron chi connectivity index (χ3n) is 3.68. The summed E-state index contributed by atoms with van der Waals surface area (Å²) >= 11 is 0. The van der Waals surface area contributed by atoms with Crippen molar-refractivity contribution < 1.29 is 13.9 Å². The summed E-state index contributed by atoms with van der Waals surface area (Å²) in [6.07, 6.45) is 1.09. The predicted molar refractivity (Wildman–Crippen MR) is 74.1 cm³/mol. The maximum atomic E-state index is 13.1. The summed E-state index contributed by atoms with van der Waals surface area (Å²) in [5.41, 5.74) is 3.49. The van der Waals surface area contributed by atoms with Crippen LogP contribution in [0.5, 0.6) is 0 Å². The van der Waals surface area contributed by atoms with Gasteiger partial charge < -0.3 is 5.11 Å². The highest BCUT2D eigenvalue weighted by atomic mass is 19.1. The summed E-state index contributed by atoms with van der Waals surface area (Å²) < 4.78 is 26.1. The van der Waals surface area contributed by atoms with Gasteiger partial charge in [0.05, 0.1) is 6.10 Å². The van der Waals surface area contributed by atoms with Gasteiger partial charge in [-0.2, -0.15) is 0 Å². The van der Waals surface area contributed by atoms with Crippen molar-refractivity contribution in [2.24, 2.45) is 0 Å². The zero-order chi connectivity index (χ0) is 14.1. The fourth-order valence-corrected chi connectivity index (χ4v) is 2.48. The Balaban J connectivity index is 2.12. The van der Waals surface area contributed by atoms with Crippen LogP contribution in [0.1, 0.15) is 24.0 Å². The largest absolute Gasteiger partial charge is 0.389 e. The van der Waals surface area contributed by atoms with Crippen molar-refractivity contribution in [2.45, 2.75) is 18.9 Å². The topological polar surface area (TPSA) is 20.2 Å². The van der Waals surface area contributed by atoms with E-state index in [9.17, 15) is 13.9 Å². The van der Waals surface area contributed by atoms with Crippen LogP contribution in [0.15, 0.2) is 54.1 Å². The normalized spacial score (nSPS) is 17.8. The molecule has 1 atom stereocenters. The smallest absolute Gasteiger partial charge is 0.123 e. The first-order valence-corrected chi connectivity index (χ1v) is 6.58. The number of benzene rings is 2. The zero-order valence-electron chi connectivity index (χ0n) is 10.8. The number of halogens is 2. The molecule has 20 heavy (non-hydrogen) atoms. The molecule has 102 valence electrons. The Hall–Kier alpha value is -2.00. The molecule has 2 aromatic rings. The van der Waals surface area contributed by atoms with E-state index in [1.165, 1.54) is 24.3 Å². The molecule has 1 N–H and O–H groups in total. The highest BCUT2D eigenvalue weighted by Gasteiger charge is 2.26. The van der Waals surface area contributed by atoms with Crippen molar-refractivity contribution in [1.82, 2.24) is 0 Å². The van der Waals surface area contributed by atoms with Gasteiger partial charge in [0.25, 0.3) is 0 Å². The maximum Gasteiger partial charge on any atom is 0.123 e. The summed E-state index contributed by atoms with van der Waals surface area (Å²) in [5.74, 6) is -0.599. The van der Waals surface area contributed by atoms with Gasteiger partial charge in [0, 0.05) is 0 Å². The van der Waals surface area contributed by atoms with Crippen LogP contribution in [0.2, 0.25) is 0 Å². The van der Waals surface area contributed by atoms with E-state index >= 15 is 0 Å². The average molecular weight is 272 g/mol. The SMILES string of the molecule is OC1CCC1=C(c1ccc(F)cc1)c1ccc(F)cc1. The number of rotatable bonds is 2. The maximum absolute atomic E-state index is 13.1. The van der Waals surface area contributed by atoms with E-state index in [4.69, 9.17) is 0 Å². The lowest BCUT2D eigenvalue weighted by Gasteiger charge is -2.29. The van der Waals surface area contributed by atoms with Crippen LogP contribution in [0, 0.1) is 11.6 Å². The summed E-state index contributed by atoms with van der Waals surface area (Å²) in [4.78, 5) is 0. The Labute approximate surface area is 116 Å². The lowest BCUT2D eigenvalue weighted by atomic mass is 9.80. The van der Waals surface area contributed by atoms with Crippen LogP contribution in [0.25, 0.3) is 5.57 Å². The molecule has 0 amide bonds. The van der Waals surface area contributed by atoms with Crippen LogP contribution in [0.3, 0.4) is 0 Å². The second-order valence-electron chi connectivity index (χ2n) is 4.97. The molecule has 0 saturated heterocycles. The minimum atomic E-state index is -0.458. The Morgan fingerprint density at radius 3 is 1.60 bits per heavy atom. The van der Waals surface area contributed by atoms with Crippen molar-refractivity contribution in [3.8, 4) is 0 Å². The molecule has 1 aliphatic carbocycles. The van der Waals surface area contributed by atoms with E-state index < -0.39 is 6.10 Å². The lowest BCUT2D eigenvalue weighted by Crippen LogP contribution is -2.23. The highest BCUT2D eigenvalue weighted by molar-refractivity contribution is 5.83. The molecule has 1 unspecified atom stereocenters. The fourth-order valence-electron chi connectivity index (χ4n) is 2.48. The van der Waals surface area contributed by atoms with Crippen LogP contribution < -0.4 is 0 Å². The molecule has 0 bridgehead atoms. The molecule has 0 aromatic heterocycles. The third kappa shape index (κ3) is 2.37. The molecule has 0 aliphatic heterocycles. The summed E-state index contributed by atoms with van der Waals surface area (Å²) in [7, 11) is 0. The van der Waals surface area contributed by atoms with Crippen LogP contribution >= 0.6 is 0 Å². The molecule has 1 nitrogen and oxygen atoms in total. The van der Waals surface area contributed by atoms with Gasteiger partial charge in [0.15, 0.2) is 0 Å². The van der Waals surface area contributed by atoms with Crippen LogP contribution in [-0.4, -0.2) is 11.2 Å². The van der Waals surface area contributed by atoms with Crippen molar-refractivity contribution in [1.29, 1.82) is 0 Å². The zero-order valence-corrected chi connectivity index (χ0v) is 10.8. The van der Waals surface area contributed by atoms with Gasteiger partial charge >= 0.3 is 0 Å². The first-order valence-electron chi connectivity index (χ1n) is 6.58. The quantitative estimate of drug-likeness (QED) is 0.878. The van der Waals surface area contributed by atoms with E-state index in [1.54, 1.807) is 24.3 Å². The monoisotopic (exact) mass is 272 g/mol. The van der Waals surface area contributed by atoms with E-state index in [2.05, 4.69) is 0 Å². The van der Waals surface area contributed by atoms with Gasteiger partial charge in [0.1, 0.15) is 11.6 Å². The molecule has 3 heteroatoms. The fraction of sp³-hybridized carbons (Fsp3) is 0.176. The van der Waals surface area contributed by atoms with E-state index in [-0.39, 0.29) is 11.6 Å². The molecular weight excluding hydrogens is 258 g/mol. The van der Waals surface area contributed by atoms with Gasteiger partial charge in [-0.3, -0.25) is 0 Å². The Bertz CT molecular complexity index is 594. The van der Waals surface area contributed by atoms with Gasteiger partial charge in [0.2, 0.25) is 0 Å². The minimum Gasteiger partial charge on any atom is -0.389 e. The molecule has 1 aliphatic rings. The Kier molecular flexibility index (Phi) is 3.36. The van der Waals surface area contributed by atoms with E-state index in [1.807, 2.05) is 0 Å². The Morgan fingerprint density at radius 1 is 0.850 bits per heavy atom. The molecule has 0 radical (unpaired) electrons. The van der Waals surface area contributed by atoms with Crippen molar-refractivity contribution in [3.63, 3.8) is 0 Å². The second kappa shape index (κ2) is 5.17. The van der Waals surface area contributed by atoms with Crippen molar-refractivity contribution in [3.05, 3.63) is 76.9 Å². The molecule has 0 spiro atoms. The van der Waals surface area contributed by atoms with Crippen LogP contribution in [-0.2, 0) is 0 Å². The van der Waals surface area contributed by atoms with Crippen molar-refractivity contribution in [2.75, 3.05) is 0 Å². The Morgan fingerprint density at radius 2 is 1.30 bits per heavy atom. The standard InChI is InChI=1S/C17H14F2O/c18-13-5-1-11(2-6-13)17(15-9-10-16(15)20)12-3-7-14(19)8-4-12/h1-8,16,20H,9-10H2. The highest BCUT2D eigenvalue weighted by Crippen LogP contribution is 2.37. The molecular formula is C17H14F2O. The third-order valence-corrected chi connectivity index (χ3v) is 3.68. The molecule has 2 aromatic carbocycles. The van der Waals surface area contributed by atoms with Crippen LogP contribution in [0.4, 0.5) is 8.78 Å². The number of aliphatic hydroxyl groups is 1. The molecule has 0 heterocycles. The number of hydrogen-bond acceptors (Lipinski definition) is 1. The summed E-state index contributed by atoms with van der Waals surface area (Å²) in [5, 5.41) is 9.90. The van der Waals surface area contributed by atoms with Gasteiger partial charge in [-0.1, -0.05) is 24.3 Å². The van der Waals surface area contributed by atoms with Crippen molar-refractivity contribution >= 4 is 5.57 Å². The van der Waals surface area contributed by atoms with Gasteiger partial charge in [-0.15, -0.1) is 0 Å². The van der Waals surface area contributed by atoms with E-state index in [0.29, 0.717) is 0 Å². The lowest BCUT2D eigenvalue weighted by molar-refractivity contribution is 0.157. The summed E-state index contributed by atoms with van der Waals surface area (Å²) in [6.45, 7) is 0. The number of hydrogen-bond donors (Lipinski definition) is 1. The molecule has 1 fully saturated rings. The van der Waals surface area contributed by atoms with E-state index in [0.717, 1.165) is 35.1 Å². The minimum absolute atomic E-state index is 0.300. The summed E-state index contributed by atoms with van der Waals surface area (Å²) in [6, 6.07) is 12.3.